The van der Waals surface area contributed by atoms with E-state index >= 15 is 0 Å². The van der Waals surface area contributed by atoms with Gasteiger partial charge in [0.15, 0.2) is 5.96 Å². The second kappa shape index (κ2) is 12.5. The van der Waals surface area contributed by atoms with Crippen LogP contribution in [0.5, 0.6) is 5.75 Å². The van der Waals surface area contributed by atoms with E-state index in [-0.39, 0.29) is 30.0 Å². The molecule has 126 valence electrons. The second-order valence-electron chi connectivity index (χ2n) is 4.86. The fourth-order valence-electron chi connectivity index (χ4n) is 1.93. The van der Waals surface area contributed by atoms with Crippen molar-refractivity contribution in [1.82, 2.24) is 10.6 Å². The van der Waals surface area contributed by atoms with Gasteiger partial charge in [-0.3, -0.25) is 4.99 Å². The summed E-state index contributed by atoms with van der Waals surface area (Å²) < 4.78 is 10.3. The number of ether oxygens (including phenoxy) is 2. The van der Waals surface area contributed by atoms with Crippen molar-refractivity contribution in [2.45, 2.75) is 26.3 Å². The average Bonchev–Trinajstić information content (AvgIpc) is 2.48. The lowest BCUT2D eigenvalue weighted by Gasteiger charge is -2.16. The Morgan fingerprint density at radius 3 is 2.45 bits per heavy atom. The number of hydrogen-bond donors (Lipinski definition) is 2. The summed E-state index contributed by atoms with van der Waals surface area (Å²) in [6, 6.07) is 8.32. The number of aliphatic imine (C=N–C) groups is 1. The highest BCUT2D eigenvalue weighted by Crippen LogP contribution is 2.11. The van der Waals surface area contributed by atoms with Crippen LogP contribution in [0.4, 0.5) is 0 Å². The molecule has 1 unspecified atom stereocenters. The predicted molar refractivity (Wildman–Crippen MR) is 103 cm³/mol. The molecule has 0 spiro atoms. The molecule has 0 amide bonds. The van der Waals surface area contributed by atoms with Crippen LogP contribution in [-0.4, -0.2) is 45.9 Å². The van der Waals surface area contributed by atoms with E-state index in [2.05, 4.69) is 41.6 Å². The first-order valence-electron chi connectivity index (χ1n) is 7.36. The number of nitrogens with one attached hydrogen (secondary N) is 2. The summed E-state index contributed by atoms with van der Waals surface area (Å²) in [5, 5.41) is 6.56. The molecule has 0 heterocycles. The molecule has 1 aromatic carbocycles. The summed E-state index contributed by atoms with van der Waals surface area (Å²) in [6.07, 6.45) is 0.902. The van der Waals surface area contributed by atoms with E-state index in [1.54, 1.807) is 14.2 Å². The Morgan fingerprint density at radius 1 is 1.23 bits per heavy atom. The van der Waals surface area contributed by atoms with Gasteiger partial charge in [0.25, 0.3) is 0 Å². The molecule has 0 aliphatic rings. The van der Waals surface area contributed by atoms with E-state index in [0.717, 1.165) is 31.2 Å². The Kier molecular flexibility index (Phi) is 11.9. The van der Waals surface area contributed by atoms with Crippen LogP contribution < -0.4 is 15.4 Å². The maximum atomic E-state index is 5.15. The van der Waals surface area contributed by atoms with Gasteiger partial charge in [0.05, 0.1) is 13.7 Å². The van der Waals surface area contributed by atoms with Gasteiger partial charge in [0.1, 0.15) is 5.75 Å². The molecule has 22 heavy (non-hydrogen) atoms. The van der Waals surface area contributed by atoms with Crippen molar-refractivity contribution in [2.75, 3.05) is 33.9 Å². The van der Waals surface area contributed by atoms with Crippen molar-refractivity contribution < 1.29 is 9.47 Å². The fourth-order valence-corrected chi connectivity index (χ4v) is 1.93. The third-order valence-corrected chi connectivity index (χ3v) is 2.97. The second-order valence-corrected chi connectivity index (χ2v) is 4.86. The molecular formula is C16H28IN3O2. The zero-order chi connectivity index (χ0) is 15.5. The minimum absolute atomic E-state index is 0. The molecule has 0 aliphatic carbocycles. The van der Waals surface area contributed by atoms with Crippen LogP contribution in [0.1, 0.15) is 19.4 Å². The van der Waals surface area contributed by atoms with Gasteiger partial charge in [-0.05, 0) is 38.0 Å². The minimum atomic E-state index is 0. The van der Waals surface area contributed by atoms with Crippen LogP contribution in [0.25, 0.3) is 0 Å². The van der Waals surface area contributed by atoms with E-state index in [1.165, 1.54) is 5.56 Å². The molecule has 0 saturated heterocycles. The third-order valence-electron chi connectivity index (χ3n) is 2.97. The van der Waals surface area contributed by atoms with E-state index in [9.17, 15) is 0 Å². The van der Waals surface area contributed by atoms with Gasteiger partial charge in [-0.25, -0.2) is 0 Å². The first-order chi connectivity index (χ1) is 10.2. The zero-order valence-electron chi connectivity index (χ0n) is 13.9. The molecule has 0 aromatic heterocycles. The normalized spacial score (nSPS) is 12.3. The highest BCUT2D eigenvalue weighted by molar-refractivity contribution is 14.0. The predicted octanol–water partition coefficient (Wildman–Crippen LogP) is 2.45. The van der Waals surface area contributed by atoms with Gasteiger partial charge in [-0.15, -0.1) is 24.0 Å². The monoisotopic (exact) mass is 421 g/mol. The summed E-state index contributed by atoms with van der Waals surface area (Å²) in [7, 11) is 3.38. The largest absolute Gasteiger partial charge is 0.497 e. The van der Waals surface area contributed by atoms with Crippen molar-refractivity contribution in [3.8, 4) is 5.75 Å². The van der Waals surface area contributed by atoms with Crippen molar-refractivity contribution in [3.63, 3.8) is 0 Å². The van der Waals surface area contributed by atoms with Crippen LogP contribution >= 0.6 is 24.0 Å². The van der Waals surface area contributed by atoms with Gasteiger partial charge in [0, 0.05) is 26.2 Å². The fraction of sp³-hybridized carbons (Fsp3) is 0.562. The molecule has 5 nitrogen and oxygen atoms in total. The van der Waals surface area contributed by atoms with E-state index < -0.39 is 0 Å². The Labute approximate surface area is 150 Å². The molecule has 1 aromatic rings. The number of halogens is 1. The molecular weight excluding hydrogens is 393 g/mol. The SMILES string of the molecule is CCNC(=NCCc1ccc(OC)cc1)NC(C)COC.I. The van der Waals surface area contributed by atoms with Gasteiger partial charge >= 0.3 is 0 Å². The van der Waals surface area contributed by atoms with Gasteiger partial charge in [-0.1, -0.05) is 12.1 Å². The Balaban J connectivity index is 0.00000441. The molecule has 0 aliphatic heterocycles. The lowest BCUT2D eigenvalue weighted by Crippen LogP contribution is -2.44. The highest BCUT2D eigenvalue weighted by Gasteiger charge is 2.04. The molecule has 0 radical (unpaired) electrons. The van der Waals surface area contributed by atoms with Crippen molar-refractivity contribution in [3.05, 3.63) is 29.8 Å². The first kappa shape index (κ1) is 21.0. The van der Waals surface area contributed by atoms with Crippen LogP contribution in [-0.2, 0) is 11.2 Å². The number of hydrogen-bond acceptors (Lipinski definition) is 3. The molecule has 1 rings (SSSR count). The summed E-state index contributed by atoms with van der Waals surface area (Å²) in [5.74, 6) is 1.71. The summed E-state index contributed by atoms with van der Waals surface area (Å²) >= 11 is 0. The van der Waals surface area contributed by atoms with Crippen LogP contribution in [0.3, 0.4) is 0 Å². The number of rotatable bonds is 8. The third kappa shape index (κ3) is 8.43. The van der Waals surface area contributed by atoms with Crippen LogP contribution in [0, 0.1) is 0 Å². The number of methoxy groups -OCH3 is 2. The number of guanidine groups is 1. The van der Waals surface area contributed by atoms with E-state index in [4.69, 9.17) is 9.47 Å². The smallest absolute Gasteiger partial charge is 0.191 e. The van der Waals surface area contributed by atoms with Gasteiger partial charge < -0.3 is 20.1 Å². The topological polar surface area (TPSA) is 54.9 Å². The number of benzene rings is 1. The molecule has 0 saturated carbocycles. The molecule has 2 N–H and O–H groups in total. The lowest BCUT2D eigenvalue weighted by molar-refractivity contribution is 0.179. The van der Waals surface area contributed by atoms with Crippen LogP contribution in [0.15, 0.2) is 29.3 Å². The van der Waals surface area contributed by atoms with Crippen LogP contribution in [0.2, 0.25) is 0 Å². The van der Waals surface area contributed by atoms with E-state index in [0.29, 0.717) is 6.61 Å². The summed E-state index contributed by atoms with van der Waals surface area (Å²) in [6.45, 7) is 6.36. The number of nitrogens with zero attached hydrogens (tertiary/aromatic N) is 1. The van der Waals surface area contributed by atoms with Gasteiger partial charge in [0.2, 0.25) is 0 Å². The quantitative estimate of drug-likeness (QED) is 0.385. The Bertz CT molecular complexity index is 424. The van der Waals surface area contributed by atoms with E-state index in [1.807, 2.05) is 12.1 Å². The highest BCUT2D eigenvalue weighted by atomic mass is 127. The molecule has 1 atom stereocenters. The Morgan fingerprint density at radius 2 is 1.91 bits per heavy atom. The van der Waals surface area contributed by atoms with Crippen molar-refractivity contribution >= 4 is 29.9 Å². The average molecular weight is 421 g/mol. The van der Waals surface area contributed by atoms with Crippen molar-refractivity contribution in [1.29, 1.82) is 0 Å². The summed E-state index contributed by atoms with van der Waals surface area (Å²) in [5.41, 5.74) is 1.25. The van der Waals surface area contributed by atoms with Crippen molar-refractivity contribution in [2.24, 2.45) is 4.99 Å². The first-order valence-corrected chi connectivity index (χ1v) is 7.36. The summed E-state index contributed by atoms with van der Waals surface area (Å²) in [4.78, 5) is 4.58. The minimum Gasteiger partial charge on any atom is -0.497 e. The Hall–Kier alpha value is -1.02. The lowest BCUT2D eigenvalue weighted by atomic mass is 10.1. The maximum Gasteiger partial charge on any atom is 0.191 e. The maximum absolute atomic E-state index is 5.15. The zero-order valence-corrected chi connectivity index (χ0v) is 16.2. The molecule has 0 fully saturated rings. The standard InChI is InChI=1S/C16H27N3O2.HI/c1-5-17-16(19-13(2)12-20-3)18-11-10-14-6-8-15(21-4)9-7-14;/h6-9,13H,5,10-12H2,1-4H3,(H2,17,18,19);1H. The molecule has 0 bridgehead atoms. The van der Waals surface area contributed by atoms with Gasteiger partial charge in [-0.2, -0.15) is 0 Å². The molecule has 6 heteroatoms.